The molecule has 0 saturated carbocycles. The topological polar surface area (TPSA) is 129 Å². The number of hydrogen-bond acceptors (Lipinski definition) is 10. The fourth-order valence-corrected chi connectivity index (χ4v) is 5.26. The summed E-state index contributed by atoms with van der Waals surface area (Å²) in [5.74, 6) is 0. The molecule has 0 aromatic carbocycles. The predicted octanol–water partition coefficient (Wildman–Crippen LogP) is 12.6. The van der Waals surface area contributed by atoms with E-state index >= 15 is 0 Å². The molecule has 0 spiro atoms. The molecule has 0 N–H and O–H groups in total. The van der Waals surface area contributed by atoms with E-state index in [9.17, 15) is 0 Å². The van der Waals surface area contributed by atoms with Crippen molar-refractivity contribution in [2.75, 3.05) is 0 Å². The molecule has 10 heterocycles. The van der Waals surface area contributed by atoms with Crippen LogP contribution >= 0.6 is 19.4 Å². The van der Waals surface area contributed by atoms with Gasteiger partial charge in [-0.2, -0.15) is 0 Å². The maximum Gasteiger partial charge on any atom is 0.0886 e. The minimum Gasteiger partial charge on any atom is -0.255 e. The van der Waals surface area contributed by atoms with E-state index < -0.39 is 0 Å². The summed E-state index contributed by atoms with van der Waals surface area (Å²) in [4.78, 5) is 41.4. The fraction of sp³-hybridized carbons (Fsp3) is 0. The van der Waals surface area contributed by atoms with Crippen LogP contribution in [0.25, 0.3) is 57.7 Å². The number of nitrogens with zero attached hydrogens (tertiary/aromatic N) is 10. The van der Waals surface area contributed by atoms with E-state index in [1.54, 1.807) is 74.4 Å². The van der Waals surface area contributed by atoms with Gasteiger partial charge in [-0.3, -0.25) is 49.8 Å². The van der Waals surface area contributed by atoms with Gasteiger partial charge >= 0.3 is 54.0 Å². The summed E-state index contributed by atoms with van der Waals surface area (Å²) < 4.78 is 0. The first-order chi connectivity index (χ1) is 32.8. The monoisotopic (exact) mass is 1080 g/mol. The van der Waals surface area contributed by atoms with Gasteiger partial charge in [-0.25, -0.2) is 0 Å². The first kappa shape index (κ1) is 51.7. The van der Waals surface area contributed by atoms with Gasteiger partial charge in [-0.05, 0) is 132 Å². The van der Waals surface area contributed by atoms with Crippen molar-refractivity contribution >= 4 is 31.5 Å². The first-order valence-electron chi connectivity index (χ1n) is 19.9. The quantitative estimate of drug-likeness (QED) is 0.148. The van der Waals surface area contributed by atoms with Gasteiger partial charge in [0.2, 0.25) is 0 Å². The zero-order chi connectivity index (χ0) is 46.5. The van der Waals surface area contributed by atoms with Crippen molar-refractivity contribution in [3.63, 3.8) is 0 Å². The zero-order valence-corrected chi connectivity index (χ0v) is 40.2. The summed E-state index contributed by atoms with van der Waals surface area (Å²) in [6, 6.07) is 54.3. The molecule has 10 nitrogen and oxygen atoms in total. The van der Waals surface area contributed by atoms with Crippen LogP contribution in [0.15, 0.2) is 244 Å². The van der Waals surface area contributed by atoms with Crippen LogP contribution in [0.2, 0.25) is 0 Å². The van der Waals surface area contributed by atoms with Gasteiger partial charge in [0.15, 0.2) is 0 Å². The fourth-order valence-electron chi connectivity index (χ4n) is 5.26. The van der Waals surface area contributed by atoms with E-state index in [-0.39, 0.29) is 0 Å². The third-order valence-electron chi connectivity index (χ3n) is 8.25. The van der Waals surface area contributed by atoms with Crippen LogP contribution in [0.3, 0.4) is 0 Å². The van der Waals surface area contributed by atoms with E-state index in [1.807, 2.05) is 204 Å². The molecule has 0 fully saturated rings. The van der Waals surface area contributed by atoms with E-state index in [0.717, 1.165) is 56.7 Å². The molecule has 0 aliphatic carbocycles. The Kier molecular flexibility index (Phi) is 26.3. The maximum absolute atomic E-state index is 4.57. The van der Waals surface area contributed by atoms with Crippen LogP contribution in [-0.4, -0.2) is 49.8 Å². The van der Waals surface area contributed by atoms with Crippen LogP contribution in [0.4, 0.5) is 0 Å². The average Bonchev–Trinajstić information content (AvgIpc) is 3.45. The second kappa shape index (κ2) is 33.6. The molecule has 0 atom stereocenters. The minimum absolute atomic E-state index is 0.915. The molecule has 10 aromatic rings. The van der Waals surface area contributed by atoms with Crippen molar-refractivity contribution in [3.05, 3.63) is 255 Å². The summed E-state index contributed by atoms with van der Waals surface area (Å²) in [6.45, 7) is 0. The molecule has 66 heavy (non-hydrogen) atoms. The van der Waals surface area contributed by atoms with Crippen LogP contribution in [0, 0.1) is 0 Å². The third kappa shape index (κ3) is 20.3. The molecule has 0 radical (unpaired) electrons. The predicted molar refractivity (Wildman–Crippen MR) is 259 cm³/mol. The number of hydrogen-bond donors (Lipinski definition) is 0. The van der Waals surface area contributed by atoms with Crippen molar-refractivity contribution in [1.29, 1.82) is 0 Å². The van der Waals surface area contributed by atoms with Gasteiger partial charge in [0.25, 0.3) is 0 Å². The summed E-state index contributed by atoms with van der Waals surface area (Å²) in [7, 11) is 9.14. The first-order valence-corrected chi connectivity index (χ1v) is 24.3. The van der Waals surface area contributed by atoms with Gasteiger partial charge in [-0.1, -0.05) is 60.7 Å². The summed E-state index contributed by atoms with van der Waals surface area (Å²) in [5, 5.41) is 0. The molecular formula is C52H42Cl2N10Ru2. The normalized spacial score (nSPS) is 9.45. The Morgan fingerprint density at radius 1 is 0.227 bits per heavy atom. The molecular weight excluding hydrogens is 1040 g/mol. The Bertz CT molecular complexity index is 2210. The molecule has 0 aliphatic rings. The molecule has 10 aromatic heterocycles. The second-order valence-electron chi connectivity index (χ2n) is 12.6. The van der Waals surface area contributed by atoms with Gasteiger partial charge < -0.3 is 0 Å². The van der Waals surface area contributed by atoms with E-state index in [0.29, 0.717) is 0 Å². The van der Waals surface area contributed by atoms with E-state index in [2.05, 4.69) is 81.4 Å². The Morgan fingerprint density at radius 3 is 0.530 bits per heavy atom. The van der Waals surface area contributed by atoms with Gasteiger partial charge in [0.1, 0.15) is 0 Å². The number of aromatic nitrogens is 10. The number of halogens is 2. The smallest absolute Gasteiger partial charge is 0.0886 e. The molecule has 10 rings (SSSR count). The van der Waals surface area contributed by atoms with Crippen LogP contribution in [0.1, 0.15) is 11.1 Å². The Morgan fingerprint density at radius 2 is 0.394 bits per heavy atom. The summed E-state index contributed by atoms with van der Waals surface area (Å²) >= 11 is 3.64. The molecule has 0 saturated heterocycles. The standard InChI is InChI=1S/C12H10N2.4C10H8N2.2ClH.2Ru/c1(11-3-7-13-8-4-11)2-12-5-9-14-10-6-12;4*1-3-7-11-9(5-1)10-6-2-4-8-12-10;;;;/h1-10H;4*1-8H;2*1H;;/q;;;;;;;2*+1/p-2/b2-1+;;;;;;;;. The molecule has 14 heteroatoms. The molecule has 0 aliphatic heterocycles. The molecule has 0 amide bonds. The SMILES string of the molecule is C(=C\c1ccncc1)/c1ccncc1.[Cl][Ru].[Cl][Ru].c1ccc(-c2ccccn2)nc1.c1ccc(-c2ccccn2)nc1.c1ccc(-c2ccccn2)nc1.c1ccc(-c2ccccn2)nc1. The number of pyridine rings is 10. The Balaban J connectivity index is 0.000000177. The maximum atomic E-state index is 4.57. The molecule has 330 valence electrons. The van der Waals surface area contributed by atoms with Crippen LogP contribution in [-0.2, 0) is 34.6 Å². The minimum atomic E-state index is 0.915. The van der Waals surface area contributed by atoms with Crippen LogP contribution in [0.5, 0.6) is 0 Å². The summed E-state index contributed by atoms with van der Waals surface area (Å²) in [5.41, 5.74) is 9.62. The van der Waals surface area contributed by atoms with Crippen LogP contribution < -0.4 is 0 Å². The van der Waals surface area contributed by atoms with Crippen molar-refractivity contribution in [2.24, 2.45) is 0 Å². The zero-order valence-electron chi connectivity index (χ0n) is 35.2. The largest absolute Gasteiger partial charge is 0.255 e. The molecule has 0 unspecified atom stereocenters. The van der Waals surface area contributed by atoms with Gasteiger partial charge in [0.05, 0.1) is 45.6 Å². The third-order valence-corrected chi connectivity index (χ3v) is 8.25. The van der Waals surface area contributed by atoms with E-state index in [1.165, 1.54) is 0 Å². The van der Waals surface area contributed by atoms with Crippen molar-refractivity contribution in [3.8, 4) is 45.6 Å². The molecule has 0 bridgehead atoms. The van der Waals surface area contributed by atoms with Gasteiger partial charge in [-0.15, -0.1) is 0 Å². The van der Waals surface area contributed by atoms with Gasteiger partial charge in [0, 0.05) is 74.4 Å². The Hall–Kier alpha value is -6.93. The average molecular weight is 1080 g/mol. The van der Waals surface area contributed by atoms with Crippen molar-refractivity contribution in [1.82, 2.24) is 49.8 Å². The Labute approximate surface area is 414 Å². The second-order valence-corrected chi connectivity index (χ2v) is 12.6. The summed E-state index contributed by atoms with van der Waals surface area (Å²) in [6.07, 6.45) is 25.4. The van der Waals surface area contributed by atoms with Crippen molar-refractivity contribution < 1.29 is 34.6 Å². The number of rotatable bonds is 6. The van der Waals surface area contributed by atoms with Crippen molar-refractivity contribution in [2.45, 2.75) is 0 Å². The van der Waals surface area contributed by atoms with E-state index in [4.69, 9.17) is 0 Å².